The maximum atomic E-state index is 13.5. The monoisotopic (exact) mass is 281 g/mol. The molecular formula is C12H12FN3O4. The van der Waals surface area contributed by atoms with E-state index in [9.17, 15) is 14.0 Å². The smallest absolute Gasteiger partial charge is 0.334 e. The summed E-state index contributed by atoms with van der Waals surface area (Å²) in [4.78, 5) is 22.1. The maximum absolute atomic E-state index is 13.5. The molecule has 0 aliphatic rings. The molecule has 0 aliphatic carbocycles. The van der Waals surface area contributed by atoms with Gasteiger partial charge in [0.15, 0.2) is 6.10 Å². The summed E-state index contributed by atoms with van der Waals surface area (Å²) >= 11 is 0. The molecule has 0 aliphatic heterocycles. The third kappa shape index (κ3) is 4.22. The second-order valence-corrected chi connectivity index (χ2v) is 3.70. The second-order valence-electron chi connectivity index (χ2n) is 3.70. The van der Waals surface area contributed by atoms with E-state index in [-0.39, 0.29) is 17.8 Å². The first kappa shape index (κ1) is 15.4. The van der Waals surface area contributed by atoms with Crippen molar-refractivity contribution in [2.75, 3.05) is 19.0 Å². The maximum Gasteiger partial charge on any atom is 0.334 e. The molecule has 7 nitrogen and oxygen atoms in total. The van der Waals surface area contributed by atoms with Crippen LogP contribution < -0.4 is 10.6 Å². The molecule has 0 radical (unpaired) electrons. The minimum Gasteiger partial charge on any atom is -0.479 e. The highest BCUT2D eigenvalue weighted by Crippen LogP contribution is 2.14. The number of hydrogen-bond donors (Lipinski definition) is 3. The SMILES string of the molecule is COC(CNC(=O)Nc1ccc(C#N)cc1F)C(=O)O. The van der Waals surface area contributed by atoms with Gasteiger partial charge in [-0.3, -0.25) is 0 Å². The van der Waals surface area contributed by atoms with Crippen LogP contribution in [0.15, 0.2) is 18.2 Å². The first-order valence-corrected chi connectivity index (χ1v) is 5.48. The number of anilines is 1. The third-order valence-electron chi connectivity index (χ3n) is 2.35. The Balaban J connectivity index is 2.59. The molecule has 8 heteroatoms. The Kier molecular flexibility index (Phi) is 5.43. The zero-order valence-corrected chi connectivity index (χ0v) is 10.5. The summed E-state index contributed by atoms with van der Waals surface area (Å²) in [6.45, 7) is -0.268. The number of carbonyl (C=O) groups excluding carboxylic acids is 1. The molecule has 1 aromatic rings. The average molecular weight is 281 g/mol. The molecule has 20 heavy (non-hydrogen) atoms. The Labute approximate surface area is 114 Å². The lowest BCUT2D eigenvalue weighted by Gasteiger charge is -2.12. The summed E-state index contributed by atoms with van der Waals surface area (Å²) in [5, 5.41) is 21.7. The van der Waals surface area contributed by atoms with Crippen LogP contribution in [-0.2, 0) is 9.53 Å². The first-order valence-electron chi connectivity index (χ1n) is 5.48. The summed E-state index contributed by atoms with van der Waals surface area (Å²) in [5.41, 5.74) is 0.00424. The van der Waals surface area contributed by atoms with Gasteiger partial charge in [-0.1, -0.05) is 0 Å². The van der Waals surface area contributed by atoms with E-state index in [2.05, 4.69) is 15.4 Å². The van der Waals surface area contributed by atoms with Crippen molar-refractivity contribution in [2.45, 2.75) is 6.10 Å². The first-order chi connectivity index (χ1) is 9.47. The van der Waals surface area contributed by atoms with Gasteiger partial charge < -0.3 is 20.5 Å². The number of nitrogens with one attached hydrogen (secondary N) is 2. The Morgan fingerprint density at radius 2 is 2.25 bits per heavy atom. The molecule has 2 amide bonds. The van der Waals surface area contributed by atoms with E-state index in [1.807, 2.05) is 0 Å². The fourth-order valence-corrected chi connectivity index (χ4v) is 1.31. The van der Waals surface area contributed by atoms with E-state index >= 15 is 0 Å². The van der Waals surface area contributed by atoms with Gasteiger partial charge in [0, 0.05) is 7.11 Å². The van der Waals surface area contributed by atoms with Crippen LogP contribution in [0.5, 0.6) is 0 Å². The van der Waals surface area contributed by atoms with Crippen LogP contribution in [0.1, 0.15) is 5.56 Å². The van der Waals surface area contributed by atoms with Crippen LogP contribution in [0.2, 0.25) is 0 Å². The molecule has 1 rings (SSSR count). The van der Waals surface area contributed by atoms with E-state index < -0.39 is 23.9 Å². The Morgan fingerprint density at radius 3 is 2.75 bits per heavy atom. The van der Waals surface area contributed by atoms with Gasteiger partial charge in [-0.15, -0.1) is 0 Å². The molecule has 1 unspecified atom stereocenters. The van der Waals surface area contributed by atoms with Crippen LogP contribution in [0.4, 0.5) is 14.9 Å². The Bertz CT molecular complexity index is 556. The zero-order chi connectivity index (χ0) is 15.1. The molecule has 3 N–H and O–H groups in total. The fourth-order valence-electron chi connectivity index (χ4n) is 1.31. The summed E-state index contributed by atoms with van der Waals surface area (Å²) in [6.07, 6.45) is -1.19. The highest BCUT2D eigenvalue weighted by atomic mass is 19.1. The number of benzene rings is 1. The number of nitrogens with zero attached hydrogens (tertiary/aromatic N) is 1. The van der Waals surface area contributed by atoms with Crippen molar-refractivity contribution in [3.63, 3.8) is 0 Å². The molecule has 1 atom stereocenters. The van der Waals surface area contributed by atoms with Crippen LogP contribution in [0.25, 0.3) is 0 Å². The van der Waals surface area contributed by atoms with Gasteiger partial charge in [0.1, 0.15) is 5.82 Å². The number of rotatable bonds is 5. The zero-order valence-electron chi connectivity index (χ0n) is 10.5. The van der Waals surface area contributed by atoms with Gasteiger partial charge in [-0.25, -0.2) is 14.0 Å². The van der Waals surface area contributed by atoms with Gasteiger partial charge >= 0.3 is 12.0 Å². The third-order valence-corrected chi connectivity index (χ3v) is 2.35. The number of urea groups is 1. The van der Waals surface area contributed by atoms with E-state index in [1.165, 1.54) is 19.2 Å². The summed E-state index contributed by atoms with van der Waals surface area (Å²) in [7, 11) is 1.19. The van der Waals surface area contributed by atoms with Crippen molar-refractivity contribution >= 4 is 17.7 Å². The summed E-state index contributed by atoms with van der Waals surface area (Å²) in [5.74, 6) is -1.99. The Hall–Kier alpha value is -2.66. The lowest BCUT2D eigenvalue weighted by atomic mass is 10.2. The molecule has 1 aromatic carbocycles. The number of ether oxygens (including phenoxy) is 1. The highest BCUT2D eigenvalue weighted by Gasteiger charge is 2.17. The van der Waals surface area contributed by atoms with Crippen LogP contribution in [0, 0.1) is 17.1 Å². The second kappa shape index (κ2) is 7.06. The highest BCUT2D eigenvalue weighted by molar-refractivity contribution is 5.89. The molecule has 0 spiro atoms. The van der Waals surface area contributed by atoms with Crippen molar-refractivity contribution < 1.29 is 23.8 Å². The minimum atomic E-state index is -1.22. The van der Waals surface area contributed by atoms with E-state index in [0.29, 0.717) is 0 Å². The van der Waals surface area contributed by atoms with Gasteiger partial charge in [0.25, 0.3) is 0 Å². The normalized spacial score (nSPS) is 11.2. The number of nitriles is 1. The molecule has 0 fully saturated rings. The lowest BCUT2D eigenvalue weighted by Crippen LogP contribution is -2.39. The van der Waals surface area contributed by atoms with Crippen molar-refractivity contribution in [1.82, 2.24) is 5.32 Å². The van der Waals surface area contributed by atoms with Crippen LogP contribution in [-0.4, -0.2) is 36.9 Å². The molecule has 0 heterocycles. The van der Waals surface area contributed by atoms with Crippen molar-refractivity contribution in [1.29, 1.82) is 5.26 Å². The topological polar surface area (TPSA) is 111 Å². The number of halogens is 1. The quantitative estimate of drug-likeness (QED) is 0.743. The van der Waals surface area contributed by atoms with Crippen molar-refractivity contribution in [2.24, 2.45) is 0 Å². The van der Waals surface area contributed by atoms with E-state index in [1.54, 1.807) is 6.07 Å². The predicted octanol–water partition coefficient (Wildman–Crippen LogP) is 0.918. The molecule has 0 bridgehead atoms. The lowest BCUT2D eigenvalue weighted by molar-refractivity contribution is -0.147. The van der Waals surface area contributed by atoms with Gasteiger partial charge in [-0.2, -0.15) is 5.26 Å². The average Bonchev–Trinajstić information content (AvgIpc) is 2.41. The largest absolute Gasteiger partial charge is 0.479 e. The van der Waals surface area contributed by atoms with Gasteiger partial charge in [-0.05, 0) is 18.2 Å². The number of methoxy groups -OCH3 is 1. The fraction of sp³-hybridized carbons (Fsp3) is 0.250. The van der Waals surface area contributed by atoms with Gasteiger partial charge in [0.05, 0.1) is 23.9 Å². The molecule has 0 saturated carbocycles. The van der Waals surface area contributed by atoms with Crippen molar-refractivity contribution in [3.05, 3.63) is 29.6 Å². The predicted molar refractivity (Wildman–Crippen MR) is 66.6 cm³/mol. The van der Waals surface area contributed by atoms with Crippen molar-refractivity contribution in [3.8, 4) is 6.07 Å². The van der Waals surface area contributed by atoms with E-state index in [0.717, 1.165) is 6.07 Å². The standard InChI is InChI=1S/C12H12FN3O4/c1-20-10(11(17)18)6-15-12(19)16-9-3-2-7(5-14)4-8(9)13/h2-4,10H,6H2,1H3,(H,17,18)(H2,15,16,19). The number of aliphatic carboxylic acids is 1. The van der Waals surface area contributed by atoms with E-state index in [4.69, 9.17) is 10.4 Å². The van der Waals surface area contributed by atoms with Crippen LogP contribution in [0.3, 0.4) is 0 Å². The minimum absolute atomic E-state index is 0.120. The van der Waals surface area contributed by atoms with Crippen LogP contribution >= 0.6 is 0 Å². The molecule has 106 valence electrons. The number of carboxylic acids is 1. The van der Waals surface area contributed by atoms with Gasteiger partial charge in [0.2, 0.25) is 0 Å². The summed E-state index contributed by atoms with van der Waals surface area (Å²) < 4.78 is 18.1. The number of amides is 2. The Morgan fingerprint density at radius 1 is 1.55 bits per heavy atom. The number of carbonyl (C=O) groups is 2. The summed E-state index contributed by atoms with van der Waals surface area (Å²) in [6, 6.07) is 4.53. The number of carboxylic acid groups (broad SMARTS) is 1. The molecular weight excluding hydrogens is 269 g/mol. The number of hydrogen-bond acceptors (Lipinski definition) is 4. The molecule has 0 aromatic heterocycles. The molecule has 0 saturated heterocycles.